The number of hydrazine groups is 1. The first kappa shape index (κ1) is 33.9. The monoisotopic (exact) mass is 645 g/mol. The molecule has 4 aromatic carbocycles. The summed E-state index contributed by atoms with van der Waals surface area (Å²) in [5.74, 6) is 5.56. The van der Waals surface area contributed by atoms with E-state index in [1.807, 2.05) is 12.1 Å². The summed E-state index contributed by atoms with van der Waals surface area (Å²) < 4.78 is 5.77. The number of hydrogen-bond acceptors (Lipinski definition) is 4. The molecule has 5 N–H and O–H groups in total. The summed E-state index contributed by atoms with van der Waals surface area (Å²) in [4.78, 5) is 0. The quantitative estimate of drug-likeness (QED) is 0.132. The Morgan fingerprint density at radius 3 is 2.12 bits per heavy atom. The van der Waals surface area contributed by atoms with Gasteiger partial charge in [-0.3, -0.25) is 11.3 Å². The van der Waals surface area contributed by atoms with E-state index in [0.29, 0.717) is 11.8 Å². The molecule has 0 saturated heterocycles. The molecule has 3 aliphatic rings. The minimum Gasteiger partial charge on any atom is -0.456 e. The summed E-state index contributed by atoms with van der Waals surface area (Å²) in [5.41, 5.74) is 19.6. The van der Waals surface area contributed by atoms with Gasteiger partial charge in [-0.2, -0.15) is 0 Å². The fraction of sp³-hybridized carbons (Fsp3) is 0.200. The predicted octanol–water partition coefficient (Wildman–Crippen LogP) is 9.00. The maximum Gasteiger partial charge on any atom is 0.135 e. The van der Waals surface area contributed by atoms with Crippen LogP contribution in [-0.2, 0) is 0 Å². The van der Waals surface area contributed by atoms with Crippen LogP contribution in [0.1, 0.15) is 49.8 Å². The van der Waals surface area contributed by atoms with E-state index < -0.39 is 0 Å². The molecule has 0 saturated carbocycles. The molecule has 1 heterocycles. The largest absolute Gasteiger partial charge is 0.456 e. The van der Waals surface area contributed by atoms with Crippen molar-refractivity contribution in [3.05, 3.63) is 161 Å². The van der Waals surface area contributed by atoms with E-state index >= 15 is 0 Å². The highest BCUT2D eigenvalue weighted by Gasteiger charge is 2.17. The molecule has 0 aliphatic heterocycles. The Bertz CT molecular complexity index is 2100. The smallest absolute Gasteiger partial charge is 0.135 e. The van der Waals surface area contributed by atoms with Gasteiger partial charge in [0.05, 0.1) is 0 Å². The van der Waals surface area contributed by atoms with Crippen molar-refractivity contribution in [3.8, 4) is 22.3 Å². The van der Waals surface area contributed by atoms with Crippen LogP contribution in [0.5, 0.6) is 0 Å². The fourth-order valence-corrected chi connectivity index (χ4v) is 6.65. The second-order valence-electron chi connectivity index (χ2n) is 12.9. The molecule has 5 aromatic rings. The zero-order valence-corrected chi connectivity index (χ0v) is 28.6. The molecule has 0 fully saturated rings. The number of nitrogens with one attached hydrogen (secondary N) is 1. The van der Waals surface area contributed by atoms with Gasteiger partial charge in [-0.1, -0.05) is 128 Å². The number of rotatable bonds is 5. The summed E-state index contributed by atoms with van der Waals surface area (Å²) >= 11 is 0. The van der Waals surface area contributed by atoms with Crippen LogP contribution in [-0.4, -0.2) is 7.05 Å². The Balaban J connectivity index is 0.000000202. The Kier molecular flexibility index (Phi) is 11.3. The van der Waals surface area contributed by atoms with E-state index in [0.717, 1.165) is 36.7 Å². The van der Waals surface area contributed by atoms with Gasteiger partial charge < -0.3 is 10.2 Å². The van der Waals surface area contributed by atoms with E-state index in [2.05, 4.69) is 158 Å². The number of furan rings is 1. The molecular weight excluding hydrogens is 599 g/mol. The Morgan fingerprint density at radius 1 is 0.735 bits per heavy atom. The summed E-state index contributed by atoms with van der Waals surface area (Å²) in [6.07, 6.45) is 24.4. The highest BCUT2D eigenvalue weighted by atomic mass is 16.3. The molecule has 4 heteroatoms. The zero-order valence-electron chi connectivity index (χ0n) is 28.6. The fourth-order valence-electron chi connectivity index (χ4n) is 6.65. The van der Waals surface area contributed by atoms with Gasteiger partial charge in [0.1, 0.15) is 11.0 Å². The normalized spacial score (nSPS) is 18.1. The number of fused-ring (bicyclic) bond motifs is 3. The maximum atomic E-state index is 6.58. The summed E-state index contributed by atoms with van der Waals surface area (Å²) in [6.45, 7) is 2.21. The van der Waals surface area contributed by atoms with Crippen LogP contribution < -0.4 is 27.6 Å². The molecule has 49 heavy (non-hydrogen) atoms. The van der Waals surface area contributed by atoms with Gasteiger partial charge in [0.15, 0.2) is 0 Å². The molecule has 0 bridgehead atoms. The van der Waals surface area contributed by atoms with Gasteiger partial charge in [0, 0.05) is 16.6 Å². The second kappa shape index (κ2) is 16.4. The first-order valence-electron chi connectivity index (χ1n) is 17.4. The van der Waals surface area contributed by atoms with Crippen LogP contribution in [0.15, 0.2) is 144 Å². The lowest BCUT2D eigenvalue weighted by Crippen LogP contribution is -2.24. The third-order valence-electron chi connectivity index (χ3n) is 9.26. The molecule has 0 amide bonds. The third-order valence-corrected chi connectivity index (χ3v) is 9.26. The average molecular weight is 646 g/mol. The van der Waals surface area contributed by atoms with Gasteiger partial charge in [-0.15, -0.1) is 0 Å². The number of hydrogen-bond donors (Lipinski definition) is 3. The van der Waals surface area contributed by atoms with Crippen LogP contribution in [0.2, 0.25) is 0 Å². The maximum absolute atomic E-state index is 6.58. The first-order chi connectivity index (χ1) is 24.0. The predicted molar refractivity (Wildman–Crippen MR) is 208 cm³/mol. The van der Waals surface area contributed by atoms with E-state index in [9.17, 15) is 0 Å². The number of para-hydroxylation sites is 1. The van der Waals surface area contributed by atoms with Gasteiger partial charge in [-0.25, -0.2) is 0 Å². The molecular formula is C45H47N3O. The van der Waals surface area contributed by atoms with Gasteiger partial charge in [0.2, 0.25) is 0 Å². The average Bonchev–Trinajstić information content (AvgIpc) is 3.53. The summed E-state index contributed by atoms with van der Waals surface area (Å²) in [6, 6.07) is 34.6. The molecule has 0 spiro atoms. The van der Waals surface area contributed by atoms with Crippen LogP contribution in [0.25, 0.3) is 50.9 Å². The summed E-state index contributed by atoms with van der Waals surface area (Å²) in [5, 5.41) is 2.52. The van der Waals surface area contributed by atoms with Crippen molar-refractivity contribution in [2.45, 2.75) is 38.6 Å². The van der Waals surface area contributed by atoms with Crippen molar-refractivity contribution >= 4 is 28.7 Å². The molecule has 3 atom stereocenters. The van der Waals surface area contributed by atoms with Crippen molar-refractivity contribution in [2.24, 2.45) is 23.4 Å². The van der Waals surface area contributed by atoms with Crippen LogP contribution in [0.3, 0.4) is 0 Å². The number of allylic oxidation sites excluding steroid dienone is 7. The Labute approximate surface area is 290 Å². The third kappa shape index (κ3) is 8.36. The van der Waals surface area contributed by atoms with E-state index in [-0.39, 0.29) is 6.04 Å². The van der Waals surface area contributed by atoms with Gasteiger partial charge >= 0.3 is 0 Å². The summed E-state index contributed by atoms with van der Waals surface area (Å²) in [7, 11) is 1.65. The molecule has 3 unspecified atom stereocenters. The van der Waals surface area contributed by atoms with Crippen LogP contribution in [0, 0.1) is 11.8 Å². The SMILES string of the molecule is CC1C=c2oc3ccccc3c2=CC1.CNN.NC(c1ccc(-c2cc(C3=CCCC=C3)cc(-c3ccccc3)c2)cc1)C1C=CC=CC1. The van der Waals surface area contributed by atoms with Crippen molar-refractivity contribution in [2.75, 3.05) is 7.05 Å². The zero-order chi connectivity index (χ0) is 34.0. The van der Waals surface area contributed by atoms with Gasteiger partial charge in [0.25, 0.3) is 0 Å². The lowest BCUT2D eigenvalue weighted by atomic mass is 9.87. The van der Waals surface area contributed by atoms with Gasteiger partial charge in [-0.05, 0) is 114 Å². The van der Waals surface area contributed by atoms with Crippen LogP contribution >= 0.6 is 0 Å². The molecule has 0 radical (unpaired) electrons. The topological polar surface area (TPSA) is 77.2 Å². The van der Waals surface area contributed by atoms with Crippen LogP contribution in [0.4, 0.5) is 0 Å². The molecule has 3 aliphatic carbocycles. The molecule has 248 valence electrons. The lowest BCUT2D eigenvalue weighted by molar-refractivity contribution is 0.524. The molecule has 8 rings (SSSR count). The number of benzene rings is 4. The number of nitrogens with two attached hydrogens (primary N) is 2. The second-order valence-corrected chi connectivity index (χ2v) is 12.9. The van der Waals surface area contributed by atoms with Crippen molar-refractivity contribution in [1.29, 1.82) is 0 Å². The lowest BCUT2D eigenvalue weighted by Gasteiger charge is -2.22. The van der Waals surface area contributed by atoms with E-state index in [1.165, 1.54) is 49.6 Å². The highest BCUT2D eigenvalue weighted by Crippen LogP contribution is 2.34. The Hall–Kier alpha value is -5.00. The highest BCUT2D eigenvalue weighted by molar-refractivity contribution is 5.83. The van der Waals surface area contributed by atoms with E-state index in [1.54, 1.807) is 7.05 Å². The Morgan fingerprint density at radius 2 is 1.43 bits per heavy atom. The minimum absolute atomic E-state index is 0.0222. The minimum atomic E-state index is 0.0222. The first-order valence-corrected chi connectivity index (χ1v) is 17.4. The molecule has 4 nitrogen and oxygen atoms in total. The van der Waals surface area contributed by atoms with Crippen molar-refractivity contribution in [3.63, 3.8) is 0 Å². The van der Waals surface area contributed by atoms with Crippen molar-refractivity contribution in [1.82, 2.24) is 5.43 Å². The molecule has 1 aromatic heterocycles. The van der Waals surface area contributed by atoms with Crippen molar-refractivity contribution < 1.29 is 4.42 Å². The van der Waals surface area contributed by atoms with E-state index in [4.69, 9.17) is 10.2 Å². The standard InChI is InChI=1S/C31H29N.C13H12O.CH6N2/c32-31(26-14-8-3-9-15-26)27-18-16-25(17-19-27)30-21-28(23-10-4-1-5-11-23)20-29(22-30)24-12-6-2-7-13-24;1-9-6-7-11-10-4-2-3-5-12(10)14-13(11)8-9;1-3-2/h1,3-6,8-14,16-22,26,31H,2,7,15,32H2;2-5,7-9H,6H2,1H3;3H,2H2,1H3.